The van der Waals surface area contributed by atoms with Gasteiger partial charge in [0.15, 0.2) is 0 Å². The summed E-state index contributed by atoms with van der Waals surface area (Å²) in [6.45, 7) is 2.84. The van der Waals surface area contributed by atoms with Crippen LogP contribution in [0.15, 0.2) is 97.1 Å². The minimum absolute atomic E-state index is 0.0393. The SMILES string of the molecule is FC(F)(F)c1ccc(C(Nc2ccccc2)C2CCN(Cc3ccc4ccccc4c3)CC2)cc1. The normalized spacial score (nSPS) is 16.3. The highest BCUT2D eigenvalue weighted by molar-refractivity contribution is 5.82. The van der Waals surface area contributed by atoms with Crippen molar-refractivity contribution in [2.24, 2.45) is 5.92 Å². The number of halogens is 3. The monoisotopic (exact) mass is 474 g/mol. The molecule has 1 aliphatic heterocycles. The van der Waals surface area contributed by atoms with Crippen molar-refractivity contribution in [3.8, 4) is 0 Å². The van der Waals surface area contributed by atoms with E-state index in [1.807, 2.05) is 30.3 Å². The minimum Gasteiger partial charge on any atom is -0.378 e. The van der Waals surface area contributed by atoms with Gasteiger partial charge in [0.2, 0.25) is 0 Å². The molecule has 1 saturated heterocycles. The van der Waals surface area contributed by atoms with Crippen molar-refractivity contribution < 1.29 is 13.2 Å². The lowest BCUT2D eigenvalue weighted by Crippen LogP contribution is -2.36. The third kappa shape index (κ3) is 5.68. The van der Waals surface area contributed by atoms with Crippen LogP contribution in [-0.4, -0.2) is 18.0 Å². The Morgan fingerprint density at radius 2 is 1.43 bits per heavy atom. The molecule has 35 heavy (non-hydrogen) atoms. The van der Waals surface area contributed by atoms with Crippen LogP contribution in [0.2, 0.25) is 0 Å². The largest absolute Gasteiger partial charge is 0.416 e. The average molecular weight is 475 g/mol. The van der Waals surface area contributed by atoms with Crippen molar-refractivity contribution in [1.82, 2.24) is 4.90 Å². The van der Waals surface area contributed by atoms with E-state index in [1.165, 1.54) is 28.5 Å². The van der Waals surface area contributed by atoms with Gasteiger partial charge in [0.25, 0.3) is 0 Å². The molecule has 180 valence electrons. The number of para-hydroxylation sites is 1. The molecule has 1 aliphatic rings. The van der Waals surface area contributed by atoms with Gasteiger partial charge in [-0.25, -0.2) is 0 Å². The smallest absolute Gasteiger partial charge is 0.378 e. The lowest BCUT2D eigenvalue weighted by molar-refractivity contribution is -0.137. The molecule has 5 rings (SSSR count). The first-order valence-electron chi connectivity index (χ1n) is 12.1. The summed E-state index contributed by atoms with van der Waals surface area (Å²) in [4.78, 5) is 2.48. The van der Waals surface area contributed by atoms with E-state index < -0.39 is 11.7 Å². The number of rotatable bonds is 6. The van der Waals surface area contributed by atoms with E-state index in [0.29, 0.717) is 5.92 Å². The fourth-order valence-electron chi connectivity index (χ4n) is 5.11. The molecule has 0 aromatic heterocycles. The fraction of sp³-hybridized carbons (Fsp3) is 0.267. The van der Waals surface area contributed by atoms with Gasteiger partial charge in [-0.05, 0) is 84.1 Å². The zero-order valence-electron chi connectivity index (χ0n) is 19.5. The molecule has 4 aromatic rings. The third-order valence-corrected chi connectivity index (χ3v) is 7.02. The first-order valence-corrected chi connectivity index (χ1v) is 12.1. The maximum atomic E-state index is 13.1. The second kappa shape index (κ2) is 10.1. The molecule has 0 bridgehead atoms. The van der Waals surface area contributed by atoms with E-state index in [2.05, 4.69) is 52.7 Å². The Bertz CT molecular complexity index is 1240. The molecule has 1 heterocycles. The number of fused-ring (bicyclic) bond motifs is 1. The van der Waals surface area contributed by atoms with Crippen LogP contribution in [0.3, 0.4) is 0 Å². The van der Waals surface area contributed by atoms with Gasteiger partial charge in [-0.3, -0.25) is 4.90 Å². The number of alkyl halides is 3. The van der Waals surface area contributed by atoms with Gasteiger partial charge in [-0.1, -0.05) is 66.7 Å². The van der Waals surface area contributed by atoms with Crippen molar-refractivity contribution in [3.05, 3.63) is 114 Å². The summed E-state index contributed by atoms with van der Waals surface area (Å²) in [5.41, 5.74) is 2.58. The van der Waals surface area contributed by atoms with E-state index in [0.717, 1.165) is 43.7 Å². The molecule has 0 radical (unpaired) electrons. The van der Waals surface area contributed by atoms with E-state index in [1.54, 1.807) is 12.1 Å². The lowest BCUT2D eigenvalue weighted by atomic mass is 9.84. The fourth-order valence-corrected chi connectivity index (χ4v) is 5.11. The summed E-state index contributed by atoms with van der Waals surface area (Å²) in [5, 5.41) is 6.12. The van der Waals surface area contributed by atoms with Crippen molar-refractivity contribution in [3.63, 3.8) is 0 Å². The second-order valence-electron chi connectivity index (χ2n) is 9.40. The highest BCUT2D eigenvalue weighted by Crippen LogP contribution is 2.36. The Morgan fingerprint density at radius 3 is 2.11 bits per heavy atom. The average Bonchev–Trinajstić information content (AvgIpc) is 2.88. The van der Waals surface area contributed by atoms with Crippen LogP contribution in [0, 0.1) is 5.92 Å². The lowest BCUT2D eigenvalue weighted by Gasteiger charge is -2.37. The first kappa shape index (κ1) is 23.4. The highest BCUT2D eigenvalue weighted by atomic mass is 19.4. The molecule has 1 fully saturated rings. The Balaban J connectivity index is 1.29. The van der Waals surface area contributed by atoms with Crippen molar-refractivity contribution in [2.75, 3.05) is 18.4 Å². The number of piperidine rings is 1. The summed E-state index contributed by atoms with van der Waals surface area (Å²) in [6, 6.07) is 30.6. The second-order valence-corrected chi connectivity index (χ2v) is 9.40. The van der Waals surface area contributed by atoms with Crippen LogP contribution in [-0.2, 0) is 12.7 Å². The predicted octanol–water partition coefficient (Wildman–Crippen LogP) is 7.92. The van der Waals surface area contributed by atoms with Crippen molar-refractivity contribution in [1.29, 1.82) is 0 Å². The highest BCUT2D eigenvalue weighted by Gasteiger charge is 2.32. The number of nitrogens with zero attached hydrogens (tertiary/aromatic N) is 1. The molecule has 0 amide bonds. The summed E-state index contributed by atoms with van der Waals surface area (Å²) in [5.74, 6) is 0.333. The van der Waals surface area contributed by atoms with Gasteiger partial charge in [0.1, 0.15) is 0 Å². The van der Waals surface area contributed by atoms with E-state index in [9.17, 15) is 13.2 Å². The maximum absolute atomic E-state index is 13.1. The third-order valence-electron chi connectivity index (χ3n) is 7.02. The molecule has 1 unspecified atom stereocenters. The first-order chi connectivity index (χ1) is 17.0. The Labute approximate surface area is 204 Å². The van der Waals surface area contributed by atoms with Gasteiger partial charge >= 0.3 is 6.18 Å². The summed E-state index contributed by atoms with van der Waals surface area (Å²) in [6.07, 6.45) is -2.35. The number of hydrogen-bond acceptors (Lipinski definition) is 2. The molecule has 1 N–H and O–H groups in total. The Kier molecular flexibility index (Phi) is 6.78. The van der Waals surface area contributed by atoms with E-state index in [4.69, 9.17) is 0 Å². The van der Waals surface area contributed by atoms with Gasteiger partial charge in [-0.15, -0.1) is 0 Å². The van der Waals surface area contributed by atoms with Crippen LogP contribution in [0.25, 0.3) is 10.8 Å². The van der Waals surface area contributed by atoms with Crippen LogP contribution >= 0.6 is 0 Å². The number of hydrogen-bond donors (Lipinski definition) is 1. The number of anilines is 1. The Hall–Kier alpha value is -3.31. The van der Waals surface area contributed by atoms with Gasteiger partial charge in [0, 0.05) is 12.2 Å². The zero-order valence-corrected chi connectivity index (χ0v) is 19.5. The Morgan fingerprint density at radius 1 is 0.771 bits per heavy atom. The van der Waals surface area contributed by atoms with Crippen LogP contribution in [0.1, 0.15) is 35.6 Å². The standard InChI is InChI=1S/C30H29F3N2/c31-30(32,33)27-14-12-24(13-15-27)29(34-28-8-2-1-3-9-28)25-16-18-35(19-17-25)21-22-10-11-23-6-4-5-7-26(23)20-22/h1-15,20,25,29,34H,16-19,21H2. The quantitative estimate of drug-likeness (QED) is 0.305. The van der Waals surface area contributed by atoms with Crippen LogP contribution < -0.4 is 5.32 Å². The van der Waals surface area contributed by atoms with Gasteiger partial charge in [-0.2, -0.15) is 13.2 Å². The minimum atomic E-state index is -4.32. The van der Waals surface area contributed by atoms with Crippen LogP contribution in [0.4, 0.5) is 18.9 Å². The van der Waals surface area contributed by atoms with Crippen LogP contribution in [0.5, 0.6) is 0 Å². The van der Waals surface area contributed by atoms with Gasteiger partial charge < -0.3 is 5.32 Å². The number of likely N-dealkylation sites (tertiary alicyclic amines) is 1. The van der Waals surface area contributed by atoms with Crippen molar-refractivity contribution in [2.45, 2.75) is 31.6 Å². The van der Waals surface area contributed by atoms with E-state index >= 15 is 0 Å². The summed E-state index contributed by atoms with van der Waals surface area (Å²) in [7, 11) is 0. The molecule has 5 heteroatoms. The van der Waals surface area contributed by atoms with Crippen molar-refractivity contribution >= 4 is 16.5 Å². The molecule has 0 saturated carbocycles. The molecular weight excluding hydrogens is 445 g/mol. The molecule has 0 aliphatic carbocycles. The summed E-state index contributed by atoms with van der Waals surface area (Å²) >= 11 is 0. The maximum Gasteiger partial charge on any atom is 0.416 e. The molecule has 4 aromatic carbocycles. The number of benzene rings is 4. The molecule has 2 nitrogen and oxygen atoms in total. The number of nitrogens with one attached hydrogen (secondary N) is 1. The van der Waals surface area contributed by atoms with E-state index in [-0.39, 0.29) is 6.04 Å². The zero-order chi connectivity index (χ0) is 24.3. The summed E-state index contributed by atoms with van der Waals surface area (Å²) < 4.78 is 39.3. The topological polar surface area (TPSA) is 15.3 Å². The predicted molar refractivity (Wildman–Crippen MR) is 136 cm³/mol. The molecule has 0 spiro atoms. The molecule has 1 atom stereocenters. The molecular formula is C30H29F3N2. The van der Waals surface area contributed by atoms with Gasteiger partial charge in [0.05, 0.1) is 11.6 Å².